The van der Waals surface area contributed by atoms with Gasteiger partial charge in [0.25, 0.3) is 0 Å². The largest absolute Gasteiger partial charge is 0.455 e. The molecular formula is C50H65NO14Si. The summed E-state index contributed by atoms with van der Waals surface area (Å²) in [6, 6.07) is 27.2. The highest BCUT2D eigenvalue weighted by molar-refractivity contribution is 6.74. The fourth-order valence-electron chi connectivity index (χ4n) is 8.76. The number of ether oxygens (including phenoxy) is 9. The van der Waals surface area contributed by atoms with Crippen LogP contribution in [0.1, 0.15) is 78.4 Å². The molecule has 66 heavy (non-hydrogen) atoms. The molecule has 358 valence electrons. The summed E-state index contributed by atoms with van der Waals surface area (Å²) < 4.78 is 65.8. The smallest absolute Gasteiger partial charge is 0.303 e. The van der Waals surface area contributed by atoms with Crippen LogP contribution < -0.4 is 0 Å². The Bertz CT molecular complexity index is 2120. The number of amides is 2. The Balaban J connectivity index is 1.32. The quantitative estimate of drug-likeness (QED) is 0.0587. The number of esters is 2. The zero-order valence-electron chi connectivity index (χ0n) is 39.6. The molecule has 0 aromatic heterocycles. The van der Waals surface area contributed by atoms with E-state index >= 15 is 0 Å². The standard InChI is InChI=1S/C50H65NO14Si/c1-30(2)50(7,8)66(9,10)65-45-38(51-47(54)49(5,6)48(51)55)41(57-27-34-22-16-12-17-23-34)39(36(61-45)28-56-26-33-20-14-11-15-21-33)64-46-43(60-32(4)53)42(59-31(3)52)40-37(62-46)29-58-44(63-40)35-24-18-13-19-25-35/h11-25,30,36-46H,26-29H2,1-10H3/t36-,37-,38-,39-,40-,41-,42+,43-,44-,45+,46+/m1/s1. The molecule has 4 saturated heterocycles. The van der Waals surface area contributed by atoms with E-state index in [0.717, 1.165) is 16.7 Å². The summed E-state index contributed by atoms with van der Waals surface area (Å²) in [7, 11) is -2.81. The maximum absolute atomic E-state index is 14.3. The molecule has 0 bridgehead atoms. The van der Waals surface area contributed by atoms with Crippen molar-refractivity contribution in [2.75, 3.05) is 13.2 Å². The highest BCUT2D eigenvalue weighted by Gasteiger charge is 2.65. The number of likely N-dealkylation sites (tertiary alicyclic amines) is 1. The van der Waals surface area contributed by atoms with Gasteiger partial charge in [-0.15, -0.1) is 0 Å². The number of nitrogens with zero attached hydrogens (tertiary/aromatic N) is 1. The molecule has 4 aliphatic rings. The lowest BCUT2D eigenvalue weighted by Gasteiger charge is -2.57. The Kier molecular flexibility index (Phi) is 15.4. The monoisotopic (exact) mass is 931 g/mol. The average molecular weight is 932 g/mol. The van der Waals surface area contributed by atoms with Crippen molar-refractivity contribution in [3.05, 3.63) is 108 Å². The average Bonchev–Trinajstić information content (AvgIpc) is 3.28. The molecule has 4 aliphatic heterocycles. The lowest BCUT2D eigenvalue weighted by Crippen LogP contribution is -2.76. The van der Waals surface area contributed by atoms with Gasteiger partial charge in [0.1, 0.15) is 42.0 Å². The highest BCUT2D eigenvalue weighted by atomic mass is 28.4. The molecular weight excluding hydrogens is 867 g/mol. The van der Waals surface area contributed by atoms with Crippen molar-refractivity contribution in [3.8, 4) is 0 Å². The molecule has 16 heteroatoms. The number of rotatable bonds is 17. The topological polar surface area (TPSA) is 164 Å². The van der Waals surface area contributed by atoms with Crippen LogP contribution in [0.5, 0.6) is 0 Å². The minimum atomic E-state index is -2.81. The first-order valence-corrected chi connectivity index (χ1v) is 25.7. The molecule has 0 radical (unpaired) electrons. The summed E-state index contributed by atoms with van der Waals surface area (Å²) >= 11 is 0. The first-order valence-electron chi connectivity index (χ1n) is 22.8. The SMILES string of the molecule is CC(=O)O[C@@H]1[C@@H](OC(C)=O)[C@H](O[C@H]2[C@H](OCc3ccccc3)[C@@H](N3C(=O)C(C)(C)C3=O)[C@H](O[Si](C)(C)C(C)(C)C(C)C)O[C@@H]2COCc2ccccc2)O[C@@H]2CO[C@@H](c3ccccc3)O[C@@H]12. The number of carbonyl (C=O) groups is 4. The predicted molar refractivity (Wildman–Crippen MR) is 241 cm³/mol. The van der Waals surface area contributed by atoms with Gasteiger partial charge in [0.2, 0.25) is 11.8 Å². The fraction of sp³-hybridized carbons (Fsp3) is 0.560. The Labute approximate surface area is 388 Å². The van der Waals surface area contributed by atoms with Crippen LogP contribution >= 0.6 is 0 Å². The normalized spacial score (nSPS) is 30.0. The molecule has 4 heterocycles. The molecule has 0 unspecified atom stereocenters. The minimum absolute atomic E-state index is 0.0108. The van der Waals surface area contributed by atoms with Gasteiger partial charge in [0.15, 0.2) is 39.4 Å². The zero-order valence-corrected chi connectivity index (χ0v) is 40.6. The van der Waals surface area contributed by atoms with Gasteiger partial charge >= 0.3 is 11.9 Å². The Morgan fingerprint density at radius 3 is 1.89 bits per heavy atom. The van der Waals surface area contributed by atoms with Crippen LogP contribution in [-0.4, -0.2) is 112 Å². The first-order chi connectivity index (χ1) is 31.3. The van der Waals surface area contributed by atoms with Crippen molar-refractivity contribution in [1.82, 2.24) is 4.90 Å². The summed E-state index contributed by atoms with van der Waals surface area (Å²) in [4.78, 5) is 55.6. The third-order valence-corrected chi connectivity index (χ3v) is 18.3. The van der Waals surface area contributed by atoms with E-state index in [1.165, 1.54) is 18.7 Å². The van der Waals surface area contributed by atoms with Gasteiger partial charge < -0.3 is 47.1 Å². The van der Waals surface area contributed by atoms with Crippen molar-refractivity contribution < 1.29 is 66.2 Å². The number of benzene rings is 3. The molecule has 7 rings (SSSR count). The van der Waals surface area contributed by atoms with Crippen molar-refractivity contribution in [2.24, 2.45) is 11.3 Å². The van der Waals surface area contributed by atoms with Crippen molar-refractivity contribution in [2.45, 2.75) is 154 Å². The number of hydrogen-bond acceptors (Lipinski definition) is 14. The van der Waals surface area contributed by atoms with E-state index in [2.05, 4.69) is 40.8 Å². The molecule has 0 spiro atoms. The Morgan fingerprint density at radius 1 is 0.758 bits per heavy atom. The molecule has 11 atom stereocenters. The molecule has 3 aromatic rings. The Morgan fingerprint density at radius 2 is 1.32 bits per heavy atom. The van der Waals surface area contributed by atoms with Gasteiger partial charge in [0.05, 0.1) is 26.4 Å². The van der Waals surface area contributed by atoms with Gasteiger partial charge in [-0.1, -0.05) is 119 Å². The fourth-order valence-corrected chi connectivity index (χ4v) is 11.2. The van der Waals surface area contributed by atoms with Crippen LogP contribution in [0.15, 0.2) is 91.0 Å². The third kappa shape index (κ3) is 10.5. The lowest BCUT2D eigenvalue weighted by atomic mass is 9.78. The maximum atomic E-state index is 14.3. The minimum Gasteiger partial charge on any atom is -0.455 e. The number of fused-ring (bicyclic) bond motifs is 1. The van der Waals surface area contributed by atoms with Crippen LogP contribution in [0.4, 0.5) is 0 Å². The van der Waals surface area contributed by atoms with Crippen LogP contribution in [0.25, 0.3) is 0 Å². The van der Waals surface area contributed by atoms with Gasteiger partial charge in [-0.05, 0) is 49.0 Å². The number of β-lactam (4-membered cyclic amide) rings is 2. The second-order valence-corrected chi connectivity index (χ2v) is 23.9. The molecule has 0 aliphatic carbocycles. The molecule has 3 aromatic carbocycles. The van der Waals surface area contributed by atoms with Gasteiger partial charge in [-0.2, -0.15) is 0 Å². The molecule has 0 saturated carbocycles. The predicted octanol–water partition coefficient (Wildman–Crippen LogP) is 7.02. The third-order valence-electron chi connectivity index (χ3n) is 13.8. The van der Waals surface area contributed by atoms with Gasteiger partial charge in [-0.3, -0.25) is 24.1 Å². The van der Waals surface area contributed by atoms with Gasteiger partial charge in [0, 0.05) is 19.4 Å². The van der Waals surface area contributed by atoms with E-state index in [-0.39, 0.29) is 37.4 Å². The molecule has 4 fully saturated rings. The van der Waals surface area contributed by atoms with E-state index in [1.54, 1.807) is 13.8 Å². The van der Waals surface area contributed by atoms with Crippen molar-refractivity contribution in [3.63, 3.8) is 0 Å². The Hall–Kier alpha value is -4.36. The molecule has 2 amide bonds. The van der Waals surface area contributed by atoms with E-state index in [4.69, 9.17) is 47.1 Å². The summed E-state index contributed by atoms with van der Waals surface area (Å²) in [6.45, 7) is 18.6. The van der Waals surface area contributed by atoms with Crippen LogP contribution in [0, 0.1) is 11.3 Å². The second kappa shape index (κ2) is 20.5. The van der Waals surface area contributed by atoms with Gasteiger partial charge in [-0.25, -0.2) is 0 Å². The highest BCUT2D eigenvalue weighted by Crippen LogP contribution is 2.48. The van der Waals surface area contributed by atoms with E-state index in [0.29, 0.717) is 0 Å². The lowest BCUT2D eigenvalue weighted by molar-refractivity contribution is -0.383. The van der Waals surface area contributed by atoms with E-state index < -0.39 is 105 Å². The number of imide groups is 1. The molecule has 15 nitrogen and oxygen atoms in total. The van der Waals surface area contributed by atoms with Crippen molar-refractivity contribution >= 4 is 32.1 Å². The first kappa shape index (κ1) is 49.5. The summed E-state index contributed by atoms with van der Waals surface area (Å²) in [5.41, 5.74) is 1.12. The molecule has 0 N–H and O–H groups in total. The second-order valence-electron chi connectivity index (χ2n) is 19.4. The van der Waals surface area contributed by atoms with Crippen LogP contribution in [-0.2, 0) is 79.4 Å². The summed E-state index contributed by atoms with van der Waals surface area (Å²) in [5.74, 6) is -2.03. The summed E-state index contributed by atoms with van der Waals surface area (Å²) in [5, 5.41) is -0.310. The van der Waals surface area contributed by atoms with Crippen molar-refractivity contribution in [1.29, 1.82) is 0 Å². The van der Waals surface area contributed by atoms with E-state index in [9.17, 15) is 19.2 Å². The number of carbonyl (C=O) groups excluding carboxylic acids is 4. The van der Waals surface area contributed by atoms with E-state index in [1.807, 2.05) is 91.0 Å². The number of hydrogen-bond donors (Lipinski definition) is 0. The summed E-state index contributed by atoms with van der Waals surface area (Å²) in [6.07, 6.45) is -11.3. The zero-order chi connectivity index (χ0) is 47.6. The van der Waals surface area contributed by atoms with Crippen LogP contribution in [0.3, 0.4) is 0 Å². The van der Waals surface area contributed by atoms with Crippen LogP contribution in [0.2, 0.25) is 18.1 Å². The maximum Gasteiger partial charge on any atom is 0.303 e.